The summed E-state index contributed by atoms with van der Waals surface area (Å²) in [6.45, 7) is 1.19. The number of aromatic hydroxyl groups is 1. The molecule has 3 aliphatic rings. The molecule has 7 nitrogen and oxygen atoms in total. The number of esters is 1. The quantitative estimate of drug-likeness (QED) is 0.756. The predicted octanol–water partition coefficient (Wildman–Crippen LogP) is 0.349. The molecule has 1 aromatic heterocycles. The number of carbonyl (C=O) groups excluding carboxylic acids is 2. The van der Waals surface area contributed by atoms with Crippen LogP contribution in [0.4, 0.5) is 0 Å². The molecular weight excluding hydrogens is 288 g/mol. The van der Waals surface area contributed by atoms with E-state index in [9.17, 15) is 19.5 Å². The van der Waals surface area contributed by atoms with E-state index >= 15 is 0 Å². The molecule has 1 saturated heterocycles. The van der Waals surface area contributed by atoms with Crippen molar-refractivity contribution >= 4 is 11.9 Å². The maximum absolute atomic E-state index is 12.7. The summed E-state index contributed by atoms with van der Waals surface area (Å²) in [5.41, 5.74) is -1.35. The van der Waals surface area contributed by atoms with Gasteiger partial charge in [-0.25, -0.2) is 4.79 Å². The molecule has 116 valence electrons. The third-order valence-corrected chi connectivity index (χ3v) is 5.27. The molecule has 2 atom stereocenters. The molecule has 7 heteroatoms. The molecule has 1 spiro atoms. The lowest BCUT2D eigenvalue weighted by Gasteiger charge is -2.44. The second kappa shape index (κ2) is 4.12. The molecule has 1 aromatic rings. The molecule has 1 saturated carbocycles. The molecule has 3 heterocycles. The molecule has 0 unspecified atom stereocenters. The van der Waals surface area contributed by atoms with E-state index in [1.165, 1.54) is 13.3 Å². The van der Waals surface area contributed by atoms with Gasteiger partial charge in [-0.05, 0) is 25.2 Å². The van der Waals surface area contributed by atoms with E-state index in [2.05, 4.69) is 4.74 Å². The van der Waals surface area contributed by atoms with Gasteiger partial charge in [-0.3, -0.25) is 9.59 Å². The summed E-state index contributed by atoms with van der Waals surface area (Å²) < 4.78 is 6.13. The lowest BCUT2D eigenvalue weighted by atomic mass is 9.93. The van der Waals surface area contributed by atoms with Crippen molar-refractivity contribution in [2.45, 2.75) is 31.3 Å². The highest BCUT2D eigenvalue weighted by Crippen LogP contribution is 2.50. The Labute approximate surface area is 126 Å². The third-order valence-electron chi connectivity index (χ3n) is 5.27. The van der Waals surface area contributed by atoms with Crippen molar-refractivity contribution in [2.75, 3.05) is 13.7 Å². The largest absolute Gasteiger partial charge is 0.503 e. The number of aromatic nitrogens is 1. The van der Waals surface area contributed by atoms with Crippen molar-refractivity contribution in [3.63, 3.8) is 0 Å². The van der Waals surface area contributed by atoms with Gasteiger partial charge in [-0.2, -0.15) is 0 Å². The molecule has 2 bridgehead atoms. The van der Waals surface area contributed by atoms with Gasteiger partial charge in [0, 0.05) is 19.3 Å². The first-order valence-corrected chi connectivity index (χ1v) is 7.33. The normalized spacial score (nSPS) is 28.5. The van der Waals surface area contributed by atoms with Gasteiger partial charge in [0.2, 0.25) is 5.43 Å². The van der Waals surface area contributed by atoms with Crippen LogP contribution in [0.5, 0.6) is 5.75 Å². The Morgan fingerprint density at radius 3 is 2.91 bits per heavy atom. The van der Waals surface area contributed by atoms with Gasteiger partial charge in [-0.1, -0.05) is 0 Å². The monoisotopic (exact) mass is 304 g/mol. The van der Waals surface area contributed by atoms with Crippen LogP contribution < -0.4 is 5.43 Å². The van der Waals surface area contributed by atoms with Gasteiger partial charge >= 0.3 is 5.97 Å². The number of rotatable bonds is 1. The number of pyridine rings is 1. The number of methoxy groups -OCH3 is 1. The number of hydrogen-bond donors (Lipinski definition) is 1. The molecule has 22 heavy (non-hydrogen) atoms. The van der Waals surface area contributed by atoms with Crippen LogP contribution in [0.2, 0.25) is 0 Å². The average Bonchev–Trinajstić information content (AvgIpc) is 3.07. The van der Waals surface area contributed by atoms with Gasteiger partial charge in [0.05, 0.1) is 12.6 Å². The summed E-state index contributed by atoms with van der Waals surface area (Å²) in [6.07, 6.45) is 4.30. The minimum atomic E-state index is -0.855. The van der Waals surface area contributed by atoms with Crippen LogP contribution in [0, 0.1) is 5.92 Å². The molecule has 4 rings (SSSR count). The predicted molar refractivity (Wildman–Crippen MR) is 74.8 cm³/mol. The summed E-state index contributed by atoms with van der Waals surface area (Å²) in [7, 11) is 1.17. The van der Waals surface area contributed by atoms with E-state index in [1.54, 1.807) is 9.47 Å². The lowest BCUT2D eigenvalue weighted by molar-refractivity contribution is 0.0394. The Morgan fingerprint density at radius 2 is 2.23 bits per heavy atom. The first-order chi connectivity index (χ1) is 10.5. The van der Waals surface area contributed by atoms with Gasteiger partial charge in [0.15, 0.2) is 11.4 Å². The maximum Gasteiger partial charge on any atom is 0.343 e. The van der Waals surface area contributed by atoms with Gasteiger partial charge in [-0.15, -0.1) is 0 Å². The van der Waals surface area contributed by atoms with Crippen LogP contribution in [0.3, 0.4) is 0 Å². The van der Waals surface area contributed by atoms with Crippen molar-refractivity contribution in [1.82, 2.24) is 9.47 Å². The molecule has 0 radical (unpaired) electrons. The summed E-state index contributed by atoms with van der Waals surface area (Å²) in [6, 6.07) is 0. The number of ether oxygens (including phenoxy) is 1. The Bertz CT molecular complexity index is 768. The molecule has 1 aliphatic carbocycles. The Morgan fingerprint density at radius 1 is 1.45 bits per heavy atom. The van der Waals surface area contributed by atoms with Crippen molar-refractivity contribution in [1.29, 1.82) is 0 Å². The summed E-state index contributed by atoms with van der Waals surface area (Å²) in [5.74, 6) is -1.29. The Balaban J connectivity index is 1.91. The highest BCUT2D eigenvalue weighted by atomic mass is 16.5. The highest BCUT2D eigenvalue weighted by molar-refractivity contribution is 5.98. The molecule has 2 fully saturated rings. The fraction of sp³-hybridized carbons (Fsp3) is 0.533. The number of fused-ring (bicyclic) bond motifs is 2. The van der Waals surface area contributed by atoms with E-state index in [-0.39, 0.29) is 22.7 Å². The van der Waals surface area contributed by atoms with Gasteiger partial charge in [0.25, 0.3) is 5.91 Å². The second-order valence-electron chi connectivity index (χ2n) is 6.44. The van der Waals surface area contributed by atoms with E-state index in [0.29, 0.717) is 19.0 Å². The van der Waals surface area contributed by atoms with E-state index in [0.717, 1.165) is 19.3 Å². The zero-order valence-corrected chi connectivity index (χ0v) is 12.2. The van der Waals surface area contributed by atoms with Crippen LogP contribution in [-0.4, -0.2) is 45.6 Å². The Hall–Kier alpha value is -2.31. The van der Waals surface area contributed by atoms with E-state index in [1.807, 2.05) is 0 Å². The van der Waals surface area contributed by atoms with Crippen LogP contribution in [-0.2, 0) is 11.3 Å². The maximum atomic E-state index is 12.7. The lowest BCUT2D eigenvalue weighted by Crippen LogP contribution is -2.55. The molecule has 1 amide bonds. The number of nitrogens with zero attached hydrogens (tertiary/aromatic N) is 2. The van der Waals surface area contributed by atoms with Crippen LogP contribution in [0.15, 0.2) is 11.0 Å². The van der Waals surface area contributed by atoms with Gasteiger partial charge < -0.3 is 19.3 Å². The number of carbonyl (C=O) groups is 2. The highest BCUT2D eigenvalue weighted by Gasteiger charge is 2.56. The summed E-state index contributed by atoms with van der Waals surface area (Å²) in [4.78, 5) is 38.3. The third kappa shape index (κ3) is 1.48. The van der Waals surface area contributed by atoms with E-state index in [4.69, 9.17) is 0 Å². The first-order valence-electron chi connectivity index (χ1n) is 7.33. The summed E-state index contributed by atoms with van der Waals surface area (Å²) in [5, 5.41) is 10.1. The SMILES string of the molecule is COC(=O)c1cn2c(c(O)c1=O)C(=O)N1C[C@@H]3CC[C@]1(C3)C2. The molecular formula is C15H16N2O5. The van der Waals surface area contributed by atoms with Crippen LogP contribution in [0.25, 0.3) is 0 Å². The number of piperidine rings is 1. The Kier molecular flexibility index (Phi) is 2.50. The van der Waals surface area contributed by atoms with Crippen LogP contribution >= 0.6 is 0 Å². The summed E-state index contributed by atoms with van der Waals surface area (Å²) >= 11 is 0. The molecule has 0 aromatic carbocycles. The number of hydrogen-bond acceptors (Lipinski definition) is 5. The minimum absolute atomic E-state index is 0.0178. The smallest absolute Gasteiger partial charge is 0.343 e. The zero-order valence-electron chi connectivity index (χ0n) is 12.2. The number of amides is 1. The fourth-order valence-corrected chi connectivity index (χ4v) is 4.29. The molecule has 1 N–H and O–H groups in total. The standard InChI is InChI=1S/C15H16N2O5/c1-22-14(21)9-6-16-7-15-3-2-8(4-15)5-17(15)13(20)10(16)12(19)11(9)18/h6,8,19H,2-5,7H2,1H3/t8-,15+/m1/s1. The van der Waals surface area contributed by atoms with Gasteiger partial charge in [0.1, 0.15) is 5.56 Å². The minimum Gasteiger partial charge on any atom is -0.503 e. The first kappa shape index (κ1) is 13.4. The average molecular weight is 304 g/mol. The zero-order chi connectivity index (χ0) is 15.6. The van der Waals surface area contributed by atoms with Crippen LogP contribution in [0.1, 0.15) is 40.1 Å². The van der Waals surface area contributed by atoms with Crippen molar-refractivity contribution in [3.8, 4) is 5.75 Å². The van der Waals surface area contributed by atoms with Crippen molar-refractivity contribution in [2.24, 2.45) is 5.92 Å². The second-order valence-corrected chi connectivity index (χ2v) is 6.44. The topological polar surface area (TPSA) is 88.8 Å². The van der Waals surface area contributed by atoms with Crippen molar-refractivity contribution < 1.29 is 19.4 Å². The fourth-order valence-electron chi connectivity index (χ4n) is 4.29. The van der Waals surface area contributed by atoms with E-state index < -0.39 is 17.1 Å². The molecule has 2 aliphatic heterocycles. The van der Waals surface area contributed by atoms with Crippen molar-refractivity contribution in [3.05, 3.63) is 27.7 Å².